The minimum atomic E-state index is 0.306. The Kier molecular flexibility index (Phi) is 2.05. The third-order valence-corrected chi connectivity index (χ3v) is 2.18. The zero-order chi connectivity index (χ0) is 10.1. The summed E-state index contributed by atoms with van der Waals surface area (Å²) in [5.74, 6) is 0.306. The van der Waals surface area contributed by atoms with Gasteiger partial charge in [0.25, 0.3) is 0 Å². The first-order valence-electron chi connectivity index (χ1n) is 4.03. The minimum absolute atomic E-state index is 0.306. The SMILES string of the molecule is Nc1n[nH]c(-c2cccc(Cl)c2)c1N. The summed E-state index contributed by atoms with van der Waals surface area (Å²) < 4.78 is 0. The Labute approximate surface area is 85.9 Å². The standard InChI is InChI=1S/C9H9ClN4/c10-6-3-1-2-5(4-6)8-7(11)9(12)14-13-8/h1-4H,11H2,(H3,12,13,14). The van der Waals surface area contributed by atoms with E-state index in [0.29, 0.717) is 22.2 Å². The second-order valence-corrected chi connectivity index (χ2v) is 3.34. The molecule has 0 saturated heterocycles. The van der Waals surface area contributed by atoms with Crippen LogP contribution < -0.4 is 11.5 Å². The van der Waals surface area contributed by atoms with E-state index in [2.05, 4.69) is 10.2 Å². The van der Waals surface area contributed by atoms with Crippen LogP contribution in [-0.2, 0) is 0 Å². The van der Waals surface area contributed by atoms with Crippen LogP contribution in [0.4, 0.5) is 11.5 Å². The molecule has 2 aromatic rings. The molecule has 0 atom stereocenters. The van der Waals surface area contributed by atoms with E-state index in [1.54, 1.807) is 12.1 Å². The molecule has 0 bridgehead atoms. The quantitative estimate of drug-likeness (QED) is 0.670. The van der Waals surface area contributed by atoms with E-state index in [-0.39, 0.29) is 0 Å². The lowest BCUT2D eigenvalue weighted by Crippen LogP contribution is -1.92. The van der Waals surface area contributed by atoms with Crippen LogP contribution in [0, 0.1) is 0 Å². The summed E-state index contributed by atoms with van der Waals surface area (Å²) in [6.45, 7) is 0. The first-order chi connectivity index (χ1) is 6.68. The average molecular weight is 209 g/mol. The van der Waals surface area contributed by atoms with Crippen molar-refractivity contribution in [3.8, 4) is 11.3 Å². The van der Waals surface area contributed by atoms with Crippen LogP contribution in [0.5, 0.6) is 0 Å². The van der Waals surface area contributed by atoms with E-state index >= 15 is 0 Å². The monoisotopic (exact) mass is 208 g/mol. The van der Waals surface area contributed by atoms with Crippen molar-refractivity contribution < 1.29 is 0 Å². The van der Waals surface area contributed by atoms with Gasteiger partial charge in [-0.05, 0) is 12.1 Å². The lowest BCUT2D eigenvalue weighted by atomic mass is 10.1. The smallest absolute Gasteiger partial charge is 0.169 e. The number of rotatable bonds is 1. The highest BCUT2D eigenvalue weighted by molar-refractivity contribution is 6.30. The molecule has 4 nitrogen and oxygen atoms in total. The van der Waals surface area contributed by atoms with Gasteiger partial charge in [-0.1, -0.05) is 23.7 Å². The molecule has 1 aromatic heterocycles. The Morgan fingerprint density at radius 1 is 1.29 bits per heavy atom. The van der Waals surface area contributed by atoms with Crippen LogP contribution in [0.3, 0.4) is 0 Å². The Bertz CT molecular complexity index is 464. The number of hydrogen-bond donors (Lipinski definition) is 3. The molecular formula is C9H9ClN4. The van der Waals surface area contributed by atoms with E-state index in [0.717, 1.165) is 5.56 Å². The van der Waals surface area contributed by atoms with E-state index in [1.165, 1.54) is 0 Å². The number of H-pyrrole nitrogens is 1. The zero-order valence-electron chi connectivity index (χ0n) is 7.29. The van der Waals surface area contributed by atoms with Gasteiger partial charge in [-0.25, -0.2) is 0 Å². The molecule has 14 heavy (non-hydrogen) atoms. The molecule has 0 amide bonds. The van der Waals surface area contributed by atoms with E-state index < -0.39 is 0 Å². The fourth-order valence-corrected chi connectivity index (χ4v) is 1.42. The molecule has 5 heteroatoms. The van der Waals surface area contributed by atoms with Crippen molar-refractivity contribution in [2.24, 2.45) is 0 Å². The Morgan fingerprint density at radius 3 is 2.64 bits per heavy atom. The normalized spacial score (nSPS) is 10.4. The van der Waals surface area contributed by atoms with Gasteiger partial charge in [-0.15, -0.1) is 0 Å². The maximum Gasteiger partial charge on any atom is 0.169 e. The molecule has 0 unspecified atom stereocenters. The Hall–Kier alpha value is -1.68. The van der Waals surface area contributed by atoms with Crippen LogP contribution in [0.1, 0.15) is 0 Å². The van der Waals surface area contributed by atoms with Gasteiger partial charge in [0.2, 0.25) is 0 Å². The molecule has 0 radical (unpaired) electrons. The molecule has 0 aliphatic heterocycles. The van der Waals surface area contributed by atoms with Crippen molar-refractivity contribution >= 4 is 23.1 Å². The van der Waals surface area contributed by atoms with E-state index in [1.807, 2.05) is 12.1 Å². The maximum absolute atomic E-state index is 5.85. The number of nitrogens with two attached hydrogens (primary N) is 2. The molecule has 5 N–H and O–H groups in total. The predicted octanol–water partition coefficient (Wildman–Crippen LogP) is 1.89. The Morgan fingerprint density at radius 2 is 2.07 bits per heavy atom. The number of aromatic nitrogens is 2. The fraction of sp³-hybridized carbons (Fsp3) is 0. The number of benzene rings is 1. The van der Waals surface area contributed by atoms with E-state index in [9.17, 15) is 0 Å². The number of anilines is 2. The molecule has 1 aromatic carbocycles. The number of nitrogen functional groups attached to an aromatic ring is 2. The third kappa shape index (κ3) is 1.40. The van der Waals surface area contributed by atoms with Gasteiger partial charge < -0.3 is 11.5 Å². The molecule has 1 heterocycles. The average Bonchev–Trinajstić information content (AvgIpc) is 2.48. The number of halogens is 1. The third-order valence-electron chi connectivity index (χ3n) is 1.95. The zero-order valence-corrected chi connectivity index (χ0v) is 8.05. The van der Waals surface area contributed by atoms with Crippen LogP contribution in [-0.4, -0.2) is 10.2 Å². The Balaban J connectivity index is 2.55. The van der Waals surface area contributed by atoms with Gasteiger partial charge in [0, 0.05) is 10.6 Å². The number of nitrogens with one attached hydrogen (secondary N) is 1. The van der Waals surface area contributed by atoms with Gasteiger partial charge >= 0.3 is 0 Å². The highest BCUT2D eigenvalue weighted by Gasteiger charge is 2.08. The second-order valence-electron chi connectivity index (χ2n) is 2.91. The second kappa shape index (κ2) is 3.23. The van der Waals surface area contributed by atoms with E-state index in [4.69, 9.17) is 23.1 Å². The number of nitrogens with zero attached hydrogens (tertiary/aromatic N) is 1. The van der Waals surface area contributed by atoms with Crippen molar-refractivity contribution in [3.63, 3.8) is 0 Å². The summed E-state index contributed by atoms with van der Waals surface area (Å²) >= 11 is 5.85. The summed E-state index contributed by atoms with van der Waals surface area (Å²) in [5, 5.41) is 7.21. The van der Waals surface area contributed by atoms with Crippen molar-refractivity contribution in [2.75, 3.05) is 11.5 Å². The van der Waals surface area contributed by atoms with Crippen molar-refractivity contribution in [1.82, 2.24) is 10.2 Å². The first-order valence-corrected chi connectivity index (χ1v) is 4.41. The van der Waals surface area contributed by atoms with Crippen LogP contribution in [0.15, 0.2) is 24.3 Å². The first kappa shape index (κ1) is 8.90. The van der Waals surface area contributed by atoms with Gasteiger partial charge in [0.15, 0.2) is 5.82 Å². The molecule has 72 valence electrons. The molecule has 0 saturated carbocycles. The van der Waals surface area contributed by atoms with Gasteiger partial charge in [0.05, 0.1) is 5.69 Å². The summed E-state index contributed by atoms with van der Waals surface area (Å²) in [6, 6.07) is 7.31. The lowest BCUT2D eigenvalue weighted by Gasteiger charge is -1.99. The van der Waals surface area contributed by atoms with Gasteiger partial charge in [-0.3, -0.25) is 5.10 Å². The molecule has 0 aliphatic rings. The highest BCUT2D eigenvalue weighted by Crippen LogP contribution is 2.28. The summed E-state index contributed by atoms with van der Waals surface area (Å²) in [7, 11) is 0. The molecular weight excluding hydrogens is 200 g/mol. The topological polar surface area (TPSA) is 80.7 Å². The largest absolute Gasteiger partial charge is 0.394 e. The predicted molar refractivity (Wildman–Crippen MR) is 57.9 cm³/mol. The molecule has 0 aliphatic carbocycles. The van der Waals surface area contributed by atoms with Gasteiger partial charge in [-0.2, -0.15) is 5.10 Å². The summed E-state index contributed by atoms with van der Waals surface area (Å²) in [6.07, 6.45) is 0. The van der Waals surface area contributed by atoms with Gasteiger partial charge in [0.1, 0.15) is 5.69 Å². The van der Waals surface area contributed by atoms with Crippen LogP contribution in [0.25, 0.3) is 11.3 Å². The molecule has 2 rings (SSSR count). The van der Waals surface area contributed by atoms with Crippen LogP contribution in [0.2, 0.25) is 5.02 Å². The highest BCUT2D eigenvalue weighted by atomic mass is 35.5. The van der Waals surface area contributed by atoms with Crippen LogP contribution >= 0.6 is 11.6 Å². The maximum atomic E-state index is 5.85. The summed E-state index contributed by atoms with van der Waals surface area (Å²) in [5.41, 5.74) is 13.3. The molecule has 0 spiro atoms. The fourth-order valence-electron chi connectivity index (χ4n) is 1.23. The number of aromatic amines is 1. The molecule has 0 fully saturated rings. The summed E-state index contributed by atoms with van der Waals surface area (Å²) in [4.78, 5) is 0. The number of hydrogen-bond acceptors (Lipinski definition) is 3. The van der Waals surface area contributed by atoms with Crippen molar-refractivity contribution in [3.05, 3.63) is 29.3 Å². The van der Waals surface area contributed by atoms with Crippen molar-refractivity contribution in [1.29, 1.82) is 0 Å². The van der Waals surface area contributed by atoms with Crippen molar-refractivity contribution in [2.45, 2.75) is 0 Å². The minimum Gasteiger partial charge on any atom is -0.394 e. The lowest BCUT2D eigenvalue weighted by molar-refractivity contribution is 1.10.